The summed E-state index contributed by atoms with van der Waals surface area (Å²) in [5.41, 5.74) is 0.621. The molecule has 5 heteroatoms. The van der Waals surface area contributed by atoms with Crippen LogP contribution in [0.4, 0.5) is 4.39 Å². The molecule has 0 saturated heterocycles. The van der Waals surface area contributed by atoms with Crippen LogP contribution in [0.5, 0.6) is 0 Å². The number of hydrogen-bond acceptors (Lipinski definition) is 2. The smallest absolute Gasteiger partial charge is 0.326 e. The number of carboxylic acids is 1. The molecule has 1 amide bonds. The number of nitrogens with one attached hydrogen (secondary N) is 1. The first-order chi connectivity index (χ1) is 12.0. The lowest BCUT2D eigenvalue weighted by molar-refractivity contribution is -0.143. The van der Waals surface area contributed by atoms with Gasteiger partial charge < -0.3 is 10.4 Å². The molecule has 4 nitrogen and oxygen atoms in total. The predicted octanol–water partition coefficient (Wildman–Crippen LogP) is 3.06. The number of benzene rings is 2. The molecule has 1 unspecified atom stereocenters. The Hall–Kier alpha value is -2.69. The van der Waals surface area contributed by atoms with Crippen LogP contribution in [-0.2, 0) is 21.4 Å². The standard InChI is InChI=1S/C20H20FNO3/c21-16-9-4-8-15(13-16)20(10-5-11-20)19(25)22-17(18(23)24)12-14-6-2-1-3-7-14/h1-4,6-9,13,17H,5,10-12H2,(H,22,25)(H,23,24). The molecule has 25 heavy (non-hydrogen) atoms. The molecular formula is C20H20FNO3. The maximum atomic E-state index is 13.6. The van der Waals surface area contributed by atoms with Gasteiger partial charge in [-0.25, -0.2) is 9.18 Å². The van der Waals surface area contributed by atoms with Gasteiger partial charge in [-0.15, -0.1) is 0 Å². The fourth-order valence-corrected chi connectivity index (χ4v) is 3.31. The van der Waals surface area contributed by atoms with E-state index in [-0.39, 0.29) is 12.3 Å². The first kappa shape index (κ1) is 17.1. The second-order valence-corrected chi connectivity index (χ2v) is 6.50. The van der Waals surface area contributed by atoms with Crippen LogP contribution in [0.3, 0.4) is 0 Å². The van der Waals surface area contributed by atoms with Crippen LogP contribution in [0.15, 0.2) is 54.6 Å². The molecule has 0 bridgehead atoms. The zero-order valence-electron chi connectivity index (χ0n) is 13.7. The molecule has 0 aliphatic heterocycles. The Morgan fingerprint density at radius 2 is 1.84 bits per heavy atom. The summed E-state index contributed by atoms with van der Waals surface area (Å²) in [5, 5.41) is 12.1. The summed E-state index contributed by atoms with van der Waals surface area (Å²) in [4.78, 5) is 24.5. The van der Waals surface area contributed by atoms with Crippen molar-refractivity contribution in [3.05, 3.63) is 71.5 Å². The highest BCUT2D eigenvalue weighted by Gasteiger charge is 2.46. The van der Waals surface area contributed by atoms with Crippen LogP contribution >= 0.6 is 0 Å². The number of hydrogen-bond donors (Lipinski definition) is 2. The lowest BCUT2D eigenvalue weighted by atomic mass is 9.63. The quantitative estimate of drug-likeness (QED) is 0.849. The molecule has 2 aromatic carbocycles. The van der Waals surface area contributed by atoms with Crippen LogP contribution < -0.4 is 5.32 Å². The normalized spacial score (nSPS) is 16.5. The third-order valence-corrected chi connectivity index (χ3v) is 4.91. The fourth-order valence-electron chi connectivity index (χ4n) is 3.31. The van der Waals surface area contributed by atoms with E-state index in [1.165, 1.54) is 12.1 Å². The zero-order valence-corrected chi connectivity index (χ0v) is 13.7. The van der Waals surface area contributed by atoms with Gasteiger partial charge in [-0.2, -0.15) is 0 Å². The molecule has 3 rings (SSSR count). The molecule has 1 saturated carbocycles. The molecule has 2 N–H and O–H groups in total. The van der Waals surface area contributed by atoms with Crippen molar-refractivity contribution in [2.75, 3.05) is 0 Å². The number of amides is 1. The van der Waals surface area contributed by atoms with Crippen molar-refractivity contribution in [3.63, 3.8) is 0 Å². The van der Waals surface area contributed by atoms with Crippen molar-refractivity contribution in [1.29, 1.82) is 0 Å². The first-order valence-electron chi connectivity index (χ1n) is 8.35. The Balaban J connectivity index is 1.79. The molecule has 1 aliphatic rings. The van der Waals surface area contributed by atoms with E-state index in [1.807, 2.05) is 30.3 Å². The van der Waals surface area contributed by atoms with E-state index in [1.54, 1.807) is 12.1 Å². The minimum absolute atomic E-state index is 0.209. The van der Waals surface area contributed by atoms with Gasteiger partial charge in [-0.3, -0.25) is 4.79 Å². The maximum absolute atomic E-state index is 13.6. The maximum Gasteiger partial charge on any atom is 0.326 e. The molecule has 0 radical (unpaired) electrons. The van der Waals surface area contributed by atoms with E-state index in [0.29, 0.717) is 18.4 Å². The SMILES string of the molecule is O=C(O)C(Cc1ccccc1)NC(=O)C1(c2cccc(F)c2)CCC1. The van der Waals surface area contributed by atoms with Gasteiger partial charge in [0.05, 0.1) is 5.41 Å². The van der Waals surface area contributed by atoms with Crippen LogP contribution in [0.25, 0.3) is 0 Å². The van der Waals surface area contributed by atoms with E-state index in [4.69, 9.17) is 0 Å². The Labute approximate surface area is 145 Å². The van der Waals surface area contributed by atoms with Gasteiger partial charge in [-0.05, 0) is 36.1 Å². The number of carboxylic acid groups (broad SMARTS) is 1. The minimum atomic E-state index is -1.08. The highest BCUT2D eigenvalue weighted by Crippen LogP contribution is 2.44. The van der Waals surface area contributed by atoms with Crippen LogP contribution in [0, 0.1) is 5.82 Å². The summed E-state index contributed by atoms with van der Waals surface area (Å²) < 4.78 is 13.6. The summed E-state index contributed by atoms with van der Waals surface area (Å²) >= 11 is 0. The highest BCUT2D eigenvalue weighted by molar-refractivity contribution is 5.92. The highest BCUT2D eigenvalue weighted by atomic mass is 19.1. The van der Waals surface area contributed by atoms with Gasteiger partial charge in [0.2, 0.25) is 5.91 Å². The van der Waals surface area contributed by atoms with Gasteiger partial charge in [0, 0.05) is 6.42 Å². The molecule has 1 fully saturated rings. The summed E-state index contributed by atoms with van der Waals surface area (Å²) in [7, 11) is 0. The molecule has 1 aliphatic carbocycles. The van der Waals surface area contributed by atoms with Gasteiger partial charge in [0.15, 0.2) is 0 Å². The van der Waals surface area contributed by atoms with Gasteiger partial charge in [0.25, 0.3) is 0 Å². The van der Waals surface area contributed by atoms with Gasteiger partial charge >= 0.3 is 5.97 Å². The largest absolute Gasteiger partial charge is 0.480 e. The van der Waals surface area contributed by atoms with E-state index in [9.17, 15) is 19.1 Å². The predicted molar refractivity (Wildman–Crippen MR) is 91.6 cm³/mol. The first-order valence-corrected chi connectivity index (χ1v) is 8.35. The van der Waals surface area contributed by atoms with Crippen molar-refractivity contribution in [2.24, 2.45) is 0 Å². The Morgan fingerprint density at radius 1 is 1.12 bits per heavy atom. The van der Waals surface area contributed by atoms with E-state index < -0.39 is 23.2 Å². The Bertz CT molecular complexity index is 772. The summed E-state index contributed by atoms with van der Waals surface area (Å²) in [6.07, 6.45) is 2.27. The summed E-state index contributed by atoms with van der Waals surface area (Å²) in [5.74, 6) is -1.81. The monoisotopic (exact) mass is 341 g/mol. The third kappa shape index (κ3) is 3.55. The second kappa shape index (κ2) is 7.05. The van der Waals surface area contributed by atoms with E-state index >= 15 is 0 Å². The second-order valence-electron chi connectivity index (χ2n) is 6.50. The topological polar surface area (TPSA) is 66.4 Å². The molecule has 2 aromatic rings. The zero-order chi connectivity index (χ0) is 17.9. The van der Waals surface area contributed by atoms with Crippen molar-refractivity contribution in [1.82, 2.24) is 5.32 Å². The lowest BCUT2D eigenvalue weighted by Crippen LogP contribution is -2.54. The van der Waals surface area contributed by atoms with Crippen LogP contribution in [-0.4, -0.2) is 23.0 Å². The van der Waals surface area contributed by atoms with E-state index in [0.717, 1.165) is 12.0 Å². The summed E-state index contributed by atoms with van der Waals surface area (Å²) in [6, 6.07) is 14.2. The number of carbonyl (C=O) groups excluding carboxylic acids is 1. The third-order valence-electron chi connectivity index (χ3n) is 4.91. The number of aliphatic carboxylic acids is 1. The van der Waals surface area contributed by atoms with Crippen LogP contribution in [0.1, 0.15) is 30.4 Å². The Morgan fingerprint density at radius 3 is 2.40 bits per heavy atom. The van der Waals surface area contributed by atoms with Gasteiger partial charge in [0.1, 0.15) is 11.9 Å². The number of halogens is 1. The van der Waals surface area contributed by atoms with E-state index in [2.05, 4.69) is 5.32 Å². The number of rotatable bonds is 6. The molecule has 0 spiro atoms. The molecular weight excluding hydrogens is 321 g/mol. The van der Waals surface area contributed by atoms with Crippen molar-refractivity contribution >= 4 is 11.9 Å². The van der Waals surface area contributed by atoms with Crippen molar-refractivity contribution in [2.45, 2.75) is 37.1 Å². The number of carbonyl (C=O) groups is 2. The molecule has 0 aromatic heterocycles. The van der Waals surface area contributed by atoms with Crippen LogP contribution in [0.2, 0.25) is 0 Å². The summed E-state index contributed by atoms with van der Waals surface area (Å²) in [6.45, 7) is 0. The minimum Gasteiger partial charge on any atom is -0.480 e. The lowest BCUT2D eigenvalue weighted by Gasteiger charge is -2.41. The molecule has 1 atom stereocenters. The Kier molecular flexibility index (Phi) is 4.83. The molecule has 130 valence electrons. The van der Waals surface area contributed by atoms with Gasteiger partial charge in [-0.1, -0.05) is 48.9 Å². The average molecular weight is 341 g/mol. The fraction of sp³-hybridized carbons (Fsp3) is 0.300. The molecule has 0 heterocycles. The van der Waals surface area contributed by atoms with Crippen molar-refractivity contribution in [3.8, 4) is 0 Å². The average Bonchev–Trinajstić information content (AvgIpc) is 2.54. The van der Waals surface area contributed by atoms with Crippen molar-refractivity contribution < 1.29 is 19.1 Å².